The second kappa shape index (κ2) is 4.83. The molecular formula is C13H17IO. The number of hydrogen-bond donors (Lipinski definition) is 1. The van der Waals surface area contributed by atoms with E-state index in [1.807, 2.05) is 0 Å². The molecule has 0 unspecified atom stereocenters. The van der Waals surface area contributed by atoms with E-state index in [0.717, 1.165) is 19.3 Å². The fourth-order valence-corrected chi connectivity index (χ4v) is 2.73. The Morgan fingerprint density at radius 3 is 2.27 bits per heavy atom. The molecule has 1 nitrogen and oxygen atoms in total. The highest BCUT2D eigenvalue weighted by Gasteiger charge is 2.28. The van der Waals surface area contributed by atoms with Gasteiger partial charge in [-0.3, -0.25) is 0 Å². The average Bonchev–Trinajstić information content (AvgIpc) is 2.22. The van der Waals surface area contributed by atoms with Crippen LogP contribution in [-0.4, -0.2) is 10.7 Å². The highest BCUT2D eigenvalue weighted by Crippen LogP contribution is 2.31. The van der Waals surface area contributed by atoms with Crippen molar-refractivity contribution in [2.24, 2.45) is 0 Å². The molecule has 15 heavy (non-hydrogen) atoms. The van der Waals surface area contributed by atoms with Crippen LogP contribution in [0.15, 0.2) is 24.3 Å². The van der Waals surface area contributed by atoms with Gasteiger partial charge in [-0.25, -0.2) is 0 Å². The third-order valence-electron chi connectivity index (χ3n) is 3.23. The number of hydrogen-bond acceptors (Lipinski definition) is 1. The molecule has 1 N–H and O–H groups in total. The Hall–Kier alpha value is -0.0900. The fourth-order valence-electron chi connectivity index (χ4n) is 2.37. The molecule has 0 radical (unpaired) electrons. The van der Waals surface area contributed by atoms with Crippen molar-refractivity contribution in [2.45, 2.75) is 44.1 Å². The van der Waals surface area contributed by atoms with E-state index in [-0.39, 0.29) is 0 Å². The fraction of sp³-hybridized carbons (Fsp3) is 0.538. The first-order valence-electron chi connectivity index (χ1n) is 5.65. The molecule has 0 heterocycles. The van der Waals surface area contributed by atoms with Gasteiger partial charge in [0.2, 0.25) is 0 Å². The summed E-state index contributed by atoms with van der Waals surface area (Å²) in [5.41, 5.74) is 0.838. The van der Waals surface area contributed by atoms with Crippen molar-refractivity contribution in [3.63, 3.8) is 0 Å². The molecule has 0 spiro atoms. The first kappa shape index (κ1) is 11.4. The van der Waals surface area contributed by atoms with E-state index in [1.54, 1.807) is 0 Å². The van der Waals surface area contributed by atoms with Gasteiger partial charge in [0.25, 0.3) is 0 Å². The monoisotopic (exact) mass is 316 g/mol. The maximum atomic E-state index is 10.4. The maximum Gasteiger partial charge on any atom is 0.0688 e. The van der Waals surface area contributed by atoms with E-state index in [0.29, 0.717) is 0 Å². The van der Waals surface area contributed by atoms with Crippen LogP contribution in [0, 0.1) is 3.57 Å². The van der Waals surface area contributed by atoms with Crippen molar-refractivity contribution in [2.75, 3.05) is 0 Å². The van der Waals surface area contributed by atoms with Crippen molar-refractivity contribution in [3.8, 4) is 0 Å². The Bertz CT molecular complexity index is 312. The Labute approximate surface area is 105 Å². The van der Waals surface area contributed by atoms with Crippen LogP contribution in [0.4, 0.5) is 0 Å². The standard InChI is InChI=1S/C13H17IO/c14-12-6-4-11(5-7-12)10-13(15)8-2-1-3-9-13/h4-7,15H,1-3,8-10H2. The molecule has 0 amide bonds. The van der Waals surface area contributed by atoms with Gasteiger partial charge in [0.15, 0.2) is 0 Å². The van der Waals surface area contributed by atoms with Crippen molar-refractivity contribution in [1.82, 2.24) is 0 Å². The lowest BCUT2D eigenvalue weighted by atomic mass is 9.80. The van der Waals surface area contributed by atoms with E-state index in [1.165, 1.54) is 28.4 Å². The molecule has 82 valence electrons. The summed E-state index contributed by atoms with van der Waals surface area (Å²) in [5, 5.41) is 10.4. The molecule has 1 saturated carbocycles. The zero-order chi connectivity index (χ0) is 10.7. The van der Waals surface area contributed by atoms with Gasteiger partial charge in [0.05, 0.1) is 5.60 Å². The molecule has 1 aromatic carbocycles. The summed E-state index contributed by atoms with van der Waals surface area (Å²) >= 11 is 2.31. The van der Waals surface area contributed by atoms with Crippen molar-refractivity contribution < 1.29 is 5.11 Å². The van der Waals surface area contributed by atoms with Crippen LogP contribution >= 0.6 is 22.6 Å². The molecule has 1 fully saturated rings. The lowest BCUT2D eigenvalue weighted by Crippen LogP contribution is -2.33. The van der Waals surface area contributed by atoms with Gasteiger partial charge in [0, 0.05) is 9.99 Å². The van der Waals surface area contributed by atoms with Crippen molar-refractivity contribution >= 4 is 22.6 Å². The molecule has 1 aliphatic carbocycles. The Balaban J connectivity index is 2.03. The lowest BCUT2D eigenvalue weighted by Gasteiger charge is -2.32. The third-order valence-corrected chi connectivity index (χ3v) is 3.95. The van der Waals surface area contributed by atoms with Crippen LogP contribution < -0.4 is 0 Å². The molecule has 2 rings (SSSR count). The van der Waals surface area contributed by atoms with Crippen molar-refractivity contribution in [1.29, 1.82) is 0 Å². The van der Waals surface area contributed by atoms with Crippen LogP contribution in [-0.2, 0) is 6.42 Å². The van der Waals surface area contributed by atoms with Gasteiger partial charge >= 0.3 is 0 Å². The summed E-state index contributed by atoms with van der Waals surface area (Å²) in [6.45, 7) is 0. The maximum absolute atomic E-state index is 10.4. The lowest BCUT2D eigenvalue weighted by molar-refractivity contribution is 0.00449. The molecule has 0 aliphatic heterocycles. The normalized spacial score (nSPS) is 20.1. The van der Waals surface area contributed by atoms with Crippen molar-refractivity contribution in [3.05, 3.63) is 33.4 Å². The van der Waals surface area contributed by atoms with Gasteiger partial charge in [0.1, 0.15) is 0 Å². The summed E-state index contributed by atoms with van der Waals surface area (Å²) in [7, 11) is 0. The SMILES string of the molecule is OC1(Cc2ccc(I)cc2)CCCCC1. The second-order valence-electron chi connectivity index (χ2n) is 4.59. The Morgan fingerprint density at radius 1 is 1.07 bits per heavy atom. The topological polar surface area (TPSA) is 20.2 Å². The van der Waals surface area contributed by atoms with Gasteiger partial charge in [-0.05, 0) is 53.1 Å². The van der Waals surface area contributed by atoms with E-state index in [4.69, 9.17) is 0 Å². The molecule has 0 atom stereocenters. The predicted molar refractivity (Wildman–Crippen MR) is 70.9 cm³/mol. The zero-order valence-corrected chi connectivity index (χ0v) is 11.0. The van der Waals surface area contributed by atoms with Gasteiger partial charge in [-0.2, -0.15) is 0 Å². The average molecular weight is 316 g/mol. The van der Waals surface area contributed by atoms with Crippen LogP contribution in [0.3, 0.4) is 0 Å². The summed E-state index contributed by atoms with van der Waals surface area (Å²) in [4.78, 5) is 0. The minimum atomic E-state index is -0.426. The number of halogens is 1. The zero-order valence-electron chi connectivity index (χ0n) is 8.88. The second-order valence-corrected chi connectivity index (χ2v) is 5.83. The Morgan fingerprint density at radius 2 is 1.67 bits per heavy atom. The molecule has 0 aromatic heterocycles. The van der Waals surface area contributed by atoms with Gasteiger partial charge < -0.3 is 5.11 Å². The van der Waals surface area contributed by atoms with Gasteiger partial charge in [-0.1, -0.05) is 31.4 Å². The van der Waals surface area contributed by atoms with E-state index < -0.39 is 5.60 Å². The molecule has 1 aliphatic rings. The first-order valence-corrected chi connectivity index (χ1v) is 6.73. The minimum Gasteiger partial charge on any atom is -0.390 e. The molecule has 0 bridgehead atoms. The Kier molecular flexibility index (Phi) is 3.67. The first-order chi connectivity index (χ1) is 7.18. The molecule has 1 aromatic rings. The third kappa shape index (κ3) is 3.18. The summed E-state index contributed by atoms with van der Waals surface area (Å²) in [6.07, 6.45) is 6.42. The van der Waals surface area contributed by atoms with Crippen LogP contribution in [0.2, 0.25) is 0 Å². The van der Waals surface area contributed by atoms with Gasteiger partial charge in [-0.15, -0.1) is 0 Å². The number of benzene rings is 1. The summed E-state index contributed by atoms with van der Waals surface area (Å²) in [5.74, 6) is 0. The number of rotatable bonds is 2. The quantitative estimate of drug-likeness (QED) is 0.828. The van der Waals surface area contributed by atoms with E-state index >= 15 is 0 Å². The molecule has 2 heteroatoms. The van der Waals surface area contributed by atoms with Crippen LogP contribution in [0.1, 0.15) is 37.7 Å². The highest BCUT2D eigenvalue weighted by atomic mass is 127. The number of aliphatic hydroxyl groups is 1. The predicted octanol–water partition coefficient (Wildman–Crippen LogP) is 3.53. The molecule has 0 saturated heterocycles. The highest BCUT2D eigenvalue weighted by molar-refractivity contribution is 14.1. The minimum absolute atomic E-state index is 0.426. The largest absolute Gasteiger partial charge is 0.390 e. The molecular weight excluding hydrogens is 299 g/mol. The van der Waals surface area contributed by atoms with E-state index in [9.17, 15) is 5.11 Å². The van der Waals surface area contributed by atoms with Crippen LogP contribution in [0.5, 0.6) is 0 Å². The summed E-state index contributed by atoms with van der Waals surface area (Å²) in [6, 6.07) is 8.49. The smallest absolute Gasteiger partial charge is 0.0688 e. The summed E-state index contributed by atoms with van der Waals surface area (Å²) < 4.78 is 1.26. The van der Waals surface area contributed by atoms with Crippen LogP contribution in [0.25, 0.3) is 0 Å². The van der Waals surface area contributed by atoms with E-state index in [2.05, 4.69) is 46.9 Å².